The first-order valence-electron chi connectivity index (χ1n) is 14.7. The highest BCUT2D eigenvalue weighted by Crippen LogP contribution is 2.32. The standard InChI is InChI=1S/C36H36N4O2/c1-25(27-11-5-2-6-12-27)37-35(41)29-17-20-31-32(23-29)39-36(42)33(31)34(28-13-7-3-8-14-28)38-30-18-15-26(16-19-30)24-40-21-9-4-10-22-40/h2-3,5-8,11-20,23,25,39,42H,4,9-10,21-22,24H2,1H3,(H,37,41)/t25-/m1/s1. The van der Waals surface area contributed by atoms with Crippen LogP contribution < -0.4 is 5.32 Å². The van der Waals surface area contributed by atoms with Gasteiger partial charge in [-0.3, -0.25) is 9.69 Å². The molecule has 212 valence electrons. The Kier molecular flexibility index (Phi) is 8.15. The van der Waals surface area contributed by atoms with Crippen molar-refractivity contribution < 1.29 is 9.90 Å². The third kappa shape index (κ3) is 6.14. The van der Waals surface area contributed by atoms with Gasteiger partial charge >= 0.3 is 0 Å². The van der Waals surface area contributed by atoms with Crippen molar-refractivity contribution in [2.45, 2.75) is 38.8 Å². The number of nitrogens with zero attached hydrogens (tertiary/aromatic N) is 2. The summed E-state index contributed by atoms with van der Waals surface area (Å²) in [7, 11) is 0. The Balaban J connectivity index is 1.30. The van der Waals surface area contributed by atoms with E-state index >= 15 is 0 Å². The summed E-state index contributed by atoms with van der Waals surface area (Å²) >= 11 is 0. The minimum absolute atomic E-state index is 0.0181. The van der Waals surface area contributed by atoms with Gasteiger partial charge in [0.2, 0.25) is 0 Å². The molecule has 6 nitrogen and oxygen atoms in total. The molecule has 0 spiro atoms. The zero-order valence-electron chi connectivity index (χ0n) is 23.9. The van der Waals surface area contributed by atoms with E-state index in [1.807, 2.05) is 85.8 Å². The zero-order valence-corrected chi connectivity index (χ0v) is 23.9. The number of H-pyrrole nitrogens is 1. The number of rotatable bonds is 8. The van der Waals surface area contributed by atoms with E-state index in [4.69, 9.17) is 4.99 Å². The lowest BCUT2D eigenvalue weighted by Gasteiger charge is -2.26. The Labute approximate surface area is 246 Å². The van der Waals surface area contributed by atoms with E-state index < -0.39 is 0 Å². The summed E-state index contributed by atoms with van der Waals surface area (Å²) in [5, 5.41) is 15.0. The van der Waals surface area contributed by atoms with Crippen molar-refractivity contribution in [2.24, 2.45) is 4.99 Å². The number of piperidine rings is 1. The van der Waals surface area contributed by atoms with Gasteiger partial charge in [0.25, 0.3) is 5.91 Å². The van der Waals surface area contributed by atoms with E-state index in [2.05, 4.69) is 27.3 Å². The van der Waals surface area contributed by atoms with E-state index in [0.717, 1.165) is 41.8 Å². The highest BCUT2D eigenvalue weighted by Gasteiger charge is 2.20. The number of hydrogen-bond acceptors (Lipinski definition) is 4. The lowest BCUT2D eigenvalue weighted by molar-refractivity contribution is 0.0940. The predicted molar refractivity (Wildman–Crippen MR) is 170 cm³/mol. The fourth-order valence-corrected chi connectivity index (χ4v) is 5.71. The van der Waals surface area contributed by atoms with Crippen LogP contribution >= 0.6 is 0 Å². The van der Waals surface area contributed by atoms with Crippen LogP contribution in [0.25, 0.3) is 10.9 Å². The van der Waals surface area contributed by atoms with E-state index in [9.17, 15) is 9.90 Å². The highest BCUT2D eigenvalue weighted by atomic mass is 16.3. The normalized spacial score (nSPS) is 15.0. The number of fused-ring (bicyclic) bond motifs is 1. The number of carbonyl (C=O) groups excluding carboxylic acids is 1. The van der Waals surface area contributed by atoms with Crippen molar-refractivity contribution in [2.75, 3.05) is 13.1 Å². The van der Waals surface area contributed by atoms with Crippen LogP contribution in [0.4, 0.5) is 5.69 Å². The van der Waals surface area contributed by atoms with Crippen LogP contribution in [0.3, 0.4) is 0 Å². The first-order valence-corrected chi connectivity index (χ1v) is 14.7. The number of carbonyl (C=O) groups is 1. The monoisotopic (exact) mass is 556 g/mol. The Morgan fingerprint density at radius 2 is 1.57 bits per heavy atom. The lowest BCUT2D eigenvalue weighted by atomic mass is 10.00. The van der Waals surface area contributed by atoms with E-state index in [0.29, 0.717) is 22.4 Å². The number of benzene rings is 4. The van der Waals surface area contributed by atoms with Gasteiger partial charge < -0.3 is 15.4 Å². The second-order valence-corrected chi connectivity index (χ2v) is 11.0. The molecule has 1 atom stereocenters. The van der Waals surface area contributed by atoms with E-state index in [1.54, 1.807) is 12.1 Å². The van der Waals surface area contributed by atoms with Gasteiger partial charge in [0.05, 0.1) is 23.0 Å². The van der Waals surface area contributed by atoms with Gasteiger partial charge in [-0.2, -0.15) is 0 Å². The molecule has 1 aliphatic heterocycles. The molecule has 1 saturated heterocycles. The van der Waals surface area contributed by atoms with Crippen molar-refractivity contribution in [1.82, 2.24) is 15.2 Å². The summed E-state index contributed by atoms with van der Waals surface area (Å²) in [6.45, 7) is 5.24. The third-order valence-electron chi connectivity index (χ3n) is 8.00. The summed E-state index contributed by atoms with van der Waals surface area (Å²) in [5.74, 6) is -0.157. The molecule has 0 radical (unpaired) electrons. The molecule has 0 bridgehead atoms. The number of hydrogen-bond donors (Lipinski definition) is 3. The van der Waals surface area contributed by atoms with Crippen LogP contribution in [0.15, 0.2) is 108 Å². The largest absolute Gasteiger partial charge is 0.494 e. The van der Waals surface area contributed by atoms with Gasteiger partial charge in [0.1, 0.15) is 0 Å². The van der Waals surface area contributed by atoms with Crippen molar-refractivity contribution in [3.8, 4) is 5.88 Å². The summed E-state index contributed by atoms with van der Waals surface area (Å²) in [5.41, 5.74) is 6.48. The minimum atomic E-state index is -0.175. The van der Waals surface area contributed by atoms with Gasteiger partial charge in [-0.05, 0) is 68.2 Å². The summed E-state index contributed by atoms with van der Waals surface area (Å²) in [4.78, 5) is 23.7. The molecule has 5 aromatic rings. The Morgan fingerprint density at radius 3 is 2.29 bits per heavy atom. The minimum Gasteiger partial charge on any atom is -0.494 e. The summed E-state index contributed by atoms with van der Waals surface area (Å²) < 4.78 is 0. The number of likely N-dealkylation sites (tertiary alicyclic amines) is 1. The second-order valence-electron chi connectivity index (χ2n) is 11.0. The molecule has 6 heteroatoms. The van der Waals surface area contributed by atoms with Crippen LogP contribution in [0.1, 0.15) is 64.8 Å². The predicted octanol–water partition coefficient (Wildman–Crippen LogP) is 7.52. The first-order chi connectivity index (χ1) is 20.5. The Morgan fingerprint density at radius 1 is 0.881 bits per heavy atom. The summed E-state index contributed by atoms with van der Waals surface area (Å²) in [6, 6.07) is 33.5. The third-order valence-corrected chi connectivity index (χ3v) is 8.00. The molecule has 3 N–H and O–H groups in total. The smallest absolute Gasteiger partial charge is 0.251 e. The molecule has 42 heavy (non-hydrogen) atoms. The molecule has 0 unspecified atom stereocenters. The van der Waals surface area contributed by atoms with Crippen molar-refractivity contribution in [1.29, 1.82) is 0 Å². The van der Waals surface area contributed by atoms with Crippen molar-refractivity contribution in [3.05, 3.63) is 131 Å². The van der Waals surface area contributed by atoms with Gasteiger partial charge in [-0.1, -0.05) is 85.3 Å². The van der Waals surface area contributed by atoms with Gasteiger partial charge in [-0.15, -0.1) is 0 Å². The van der Waals surface area contributed by atoms with Crippen molar-refractivity contribution >= 4 is 28.2 Å². The molecular formula is C36H36N4O2. The van der Waals surface area contributed by atoms with Gasteiger partial charge in [0, 0.05) is 28.6 Å². The molecule has 4 aromatic carbocycles. The number of aliphatic imine (C=N–C) groups is 1. The number of aromatic amines is 1. The molecule has 2 heterocycles. The average molecular weight is 557 g/mol. The zero-order chi connectivity index (χ0) is 28.9. The SMILES string of the molecule is C[C@@H](NC(=O)c1ccc2c(C(=Nc3ccc(CN4CCCCC4)cc3)c3ccccc3)c(O)[nH]c2c1)c1ccccc1. The number of aromatic hydroxyl groups is 1. The van der Waals surface area contributed by atoms with Crippen LogP contribution in [-0.4, -0.2) is 39.7 Å². The molecule has 1 aliphatic rings. The van der Waals surface area contributed by atoms with Crippen LogP contribution in [-0.2, 0) is 6.54 Å². The summed E-state index contributed by atoms with van der Waals surface area (Å²) in [6.07, 6.45) is 3.88. The fourth-order valence-electron chi connectivity index (χ4n) is 5.71. The number of amides is 1. The molecule has 0 saturated carbocycles. The molecule has 1 fully saturated rings. The Hall–Kier alpha value is -4.68. The maximum absolute atomic E-state index is 13.1. The number of nitrogens with one attached hydrogen (secondary N) is 2. The highest BCUT2D eigenvalue weighted by molar-refractivity contribution is 6.22. The maximum Gasteiger partial charge on any atom is 0.251 e. The van der Waals surface area contributed by atoms with Gasteiger partial charge in [0.15, 0.2) is 5.88 Å². The maximum atomic E-state index is 13.1. The average Bonchev–Trinajstić information content (AvgIpc) is 3.36. The molecule has 1 amide bonds. The fraction of sp³-hybridized carbons (Fsp3) is 0.222. The van der Waals surface area contributed by atoms with Crippen LogP contribution in [0.5, 0.6) is 5.88 Å². The van der Waals surface area contributed by atoms with Crippen LogP contribution in [0.2, 0.25) is 0 Å². The van der Waals surface area contributed by atoms with Crippen LogP contribution in [0, 0.1) is 0 Å². The number of aromatic nitrogens is 1. The second kappa shape index (κ2) is 12.5. The van der Waals surface area contributed by atoms with Crippen molar-refractivity contribution in [3.63, 3.8) is 0 Å². The molecule has 6 rings (SSSR count). The lowest BCUT2D eigenvalue weighted by Crippen LogP contribution is -2.28. The van der Waals surface area contributed by atoms with E-state index in [1.165, 1.54) is 24.8 Å². The first kappa shape index (κ1) is 27.5. The van der Waals surface area contributed by atoms with Gasteiger partial charge in [-0.25, -0.2) is 4.99 Å². The molecular weight excluding hydrogens is 520 g/mol. The Bertz CT molecular complexity index is 1690. The quantitative estimate of drug-likeness (QED) is 0.173. The topological polar surface area (TPSA) is 80.7 Å². The van der Waals surface area contributed by atoms with E-state index in [-0.39, 0.29) is 17.8 Å². The molecule has 1 aromatic heterocycles. The molecule has 0 aliphatic carbocycles.